The van der Waals surface area contributed by atoms with Gasteiger partial charge in [-0.15, -0.1) is 0 Å². The summed E-state index contributed by atoms with van der Waals surface area (Å²) < 4.78 is 24.8. The molecule has 2 aromatic rings. The largest absolute Gasteiger partial charge is 0.336 e. The topological polar surface area (TPSA) is 53.2 Å². The van der Waals surface area contributed by atoms with Gasteiger partial charge in [-0.1, -0.05) is 30.3 Å². The molecule has 4 nitrogen and oxygen atoms in total. The van der Waals surface area contributed by atoms with Gasteiger partial charge in [0.1, 0.15) is 5.56 Å². The molecular weight excluding hydrogens is 290 g/mol. The lowest BCUT2D eigenvalue weighted by Crippen LogP contribution is -2.35. The van der Waals surface area contributed by atoms with Gasteiger partial charge in [-0.2, -0.15) is 0 Å². The number of nitrogens with one attached hydrogen (secondary N) is 1. The quantitative estimate of drug-likeness (QED) is 0.944. The Hall–Kier alpha value is -2.50. The first-order chi connectivity index (χ1) is 10.4. The summed E-state index contributed by atoms with van der Waals surface area (Å²) in [4.78, 5) is 27.6. The lowest BCUT2D eigenvalue weighted by atomic mass is 10.0. The lowest BCUT2D eigenvalue weighted by molar-refractivity contribution is 0.0619. The van der Waals surface area contributed by atoms with Gasteiger partial charge in [-0.3, -0.25) is 9.59 Å². The van der Waals surface area contributed by atoms with Crippen molar-refractivity contribution in [3.63, 3.8) is 0 Å². The molecule has 0 atom stereocenters. The lowest BCUT2D eigenvalue weighted by Gasteiger charge is -2.17. The Bertz CT molecular complexity index is 727. The monoisotopic (exact) mass is 306 g/mol. The molecule has 1 heterocycles. The molecule has 0 aliphatic heterocycles. The standard InChI is InChI=1S/C16H16F2N2O2/c1-10-12(11-6-4-3-5-7-11)8-13(15(21)19-10)16(22)20(2)9-14(17)18/h3-8,14H,9H2,1-2H3,(H,19,21). The van der Waals surface area contributed by atoms with Crippen molar-refractivity contribution in [3.8, 4) is 11.1 Å². The number of nitrogens with zero attached hydrogens (tertiary/aromatic N) is 1. The minimum Gasteiger partial charge on any atom is -0.336 e. The van der Waals surface area contributed by atoms with Gasteiger partial charge in [0.15, 0.2) is 0 Å². The van der Waals surface area contributed by atoms with Gasteiger partial charge in [0.2, 0.25) is 0 Å². The molecule has 0 aliphatic carbocycles. The van der Waals surface area contributed by atoms with Gasteiger partial charge < -0.3 is 9.88 Å². The number of amides is 1. The van der Waals surface area contributed by atoms with Crippen LogP contribution in [0, 0.1) is 6.92 Å². The number of carbonyl (C=O) groups excluding carboxylic acids is 1. The van der Waals surface area contributed by atoms with Crippen LogP contribution in [0.15, 0.2) is 41.2 Å². The highest BCUT2D eigenvalue weighted by Crippen LogP contribution is 2.21. The summed E-state index contributed by atoms with van der Waals surface area (Å²) >= 11 is 0. The molecule has 0 aliphatic rings. The van der Waals surface area contributed by atoms with Crippen LogP contribution < -0.4 is 5.56 Å². The summed E-state index contributed by atoms with van der Waals surface area (Å²) in [7, 11) is 1.25. The zero-order valence-corrected chi connectivity index (χ0v) is 12.3. The number of rotatable bonds is 4. The second-order valence-electron chi connectivity index (χ2n) is 4.99. The van der Waals surface area contributed by atoms with Gasteiger partial charge in [-0.25, -0.2) is 8.78 Å². The Morgan fingerprint density at radius 2 is 1.91 bits per heavy atom. The number of aromatic nitrogens is 1. The van der Waals surface area contributed by atoms with Gasteiger partial charge in [0.05, 0.1) is 6.54 Å². The van der Waals surface area contributed by atoms with Crippen molar-refractivity contribution in [2.75, 3.05) is 13.6 Å². The van der Waals surface area contributed by atoms with E-state index < -0.39 is 24.4 Å². The van der Waals surface area contributed by atoms with Crippen LogP contribution in [0.2, 0.25) is 0 Å². The predicted octanol–water partition coefficient (Wildman–Crippen LogP) is 2.69. The first kappa shape index (κ1) is 15.9. The molecular formula is C16H16F2N2O2. The molecule has 22 heavy (non-hydrogen) atoms. The molecule has 6 heteroatoms. The fourth-order valence-electron chi connectivity index (χ4n) is 2.20. The predicted molar refractivity (Wildman–Crippen MR) is 80.2 cm³/mol. The van der Waals surface area contributed by atoms with Gasteiger partial charge in [0.25, 0.3) is 17.9 Å². The Balaban J connectivity index is 2.45. The summed E-state index contributed by atoms with van der Waals surface area (Å²) in [6, 6.07) is 10.7. The Morgan fingerprint density at radius 3 is 2.50 bits per heavy atom. The van der Waals surface area contributed by atoms with Crippen LogP contribution >= 0.6 is 0 Å². The zero-order valence-electron chi connectivity index (χ0n) is 12.3. The maximum Gasteiger partial charge on any atom is 0.261 e. The molecule has 0 fully saturated rings. The van der Waals surface area contributed by atoms with Crippen molar-refractivity contribution >= 4 is 5.91 Å². The molecule has 1 aromatic carbocycles. The molecule has 0 radical (unpaired) electrons. The average Bonchev–Trinajstić information content (AvgIpc) is 2.47. The van der Waals surface area contributed by atoms with Crippen molar-refractivity contribution in [2.24, 2.45) is 0 Å². The first-order valence-electron chi connectivity index (χ1n) is 6.73. The molecule has 0 bridgehead atoms. The molecule has 0 unspecified atom stereocenters. The number of pyridine rings is 1. The number of H-pyrrole nitrogens is 1. The molecule has 0 saturated carbocycles. The molecule has 1 aromatic heterocycles. The molecule has 116 valence electrons. The summed E-state index contributed by atoms with van der Waals surface area (Å²) in [5.41, 5.74) is 1.41. The van der Waals surface area contributed by atoms with Gasteiger partial charge >= 0.3 is 0 Å². The van der Waals surface area contributed by atoms with Crippen molar-refractivity contribution in [3.05, 3.63) is 58.0 Å². The van der Waals surface area contributed by atoms with E-state index in [4.69, 9.17) is 0 Å². The minimum absolute atomic E-state index is 0.146. The first-order valence-corrected chi connectivity index (χ1v) is 6.73. The van der Waals surface area contributed by atoms with E-state index in [-0.39, 0.29) is 5.56 Å². The third-order valence-electron chi connectivity index (χ3n) is 3.31. The minimum atomic E-state index is -2.65. The zero-order chi connectivity index (χ0) is 16.3. The van der Waals surface area contributed by atoms with E-state index in [0.29, 0.717) is 11.3 Å². The van der Waals surface area contributed by atoms with Crippen LogP contribution in [0.5, 0.6) is 0 Å². The second kappa shape index (κ2) is 6.51. The number of aryl methyl sites for hydroxylation is 1. The maximum absolute atomic E-state index is 12.4. The number of carbonyl (C=O) groups is 1. The fourth-order valence-corrected chi connectivity index (χ4v) is 2.20. The highest BCUT2D eigenvalue weighted by Gasteiger charge is 2.20. The van der Waals surface area contributed by atoms with E-state index in [1.165, 1.54) is 13.1 Å². The van der Waals surface area contributed by atoms with E-state index in [9.17, 15) is 18.4 Å². The van der Waals surface area contributed by atoms with E-state index in [2.05, 4.69) is 4.98 Å². The van der Waals surface area contributed by atoms with Crippen molar-refractivity contribution in [1.29, 1.82) is 0 Å². The Morgan fingerprint density at radius 1 is 1.27 bits per heavy atom. The van der Waals surface area contributed by atoms with E-state index in [1.807, 2.05) is 30.3 Å². The highest BCUT2D eigenvalue weighted by atomic mass is 19.3. The van der Waals surface area contributed by atoms with Crippen LogP contribution in [0.4, 0.5) is 8.78 Å². The average molecular weight is 306 g/mol. The van der Waals surface area contributed by atoms with Crippen molar-refractivity contribution in [2.45, 2.75) is 13.3 Å². The number of hydrogen-bond donors (Lipinski definition) is 1. The van der Waals surface area contributed by atoms with Gasteiger partial charge in [-0.05, 0) is 18.6 Å². The SMILES string of the molecule is Cc1[nH]c(=O)c(C(=O)N(C)CC(F)F)cc1-c1ccccc1. The molecule has 0 saturated heterocycles. The molecule has 1 N–H and O–H groups in total. The molecule has 0 spiro atoms. The fraction of sp³-hybridized carbons (Fsp3) is 0.250. The van der Waals surface area contributed by atoms with Crippen molar-refractivity contribution in [1.82, 2.24) is 9.88 Å². The number of halogens is 2. The third kappa shape index (κ3) is 3.39. The van der Waals surface area contributed by atoms with Crippen LogP contribution in [-0.4, -0.2) is 35.8 Å². The summed E-state index contributed by atoms with van der Waals surface area (Å²) in [5.74, 6) is -0.723. The van der Waals surface area contributed by atoms with E-state index in [0.717, 1.165) is 10.5 Å². The van der Waals surface area contributed by atoms with Crippen LogP contribution in [0.3, 0.4) is 0 Å². The molecule has 1 amide bonds. The van der Waals surface area contributed by atoms with Crippen LogP contribution in [-0.2, 0) is 0 Å². The van der Waals surface area contributed by atoms with E-state index in [1.54, 1.807) is 6.92 Å². The Kier molecular flexibility index (Phi) is 4.70. The Labute approximate surface area is 126 Å². The molecule has 2 rings (SSSR count). The number of alkyl halides is 2. The number of hydrogen-bond acceptors (Lipinski definition) is 2. The summed E-state index contributed by atoms with van der Waals surface area (Å²) in [6.07, 6.45) is -2.65. The smallest absolute Gasteiger partial charge is 0.261 e. The third-order valence-corrected chi connectivity index (χ3v) is 3.31. The van der Waals surface area contributed by atoms with Crippen LogP contribution in [0.25, 0.3) is 11.1 Å². The van der Waals surface area contributed by atoms with E-state index >= 15 is 0 Å². The summed E-state index contributed by atoms with van der Waals surface area (Å²) in [6.45, 7) is 1.01. The number of benzene rings is 1. The van der Waals surface area contributed by atoms with Crippen molar-refractivity contribution < 1.29 is 13.6 Å². The van der Waals surface area contributed by atoms with Gasteiger partial charge in [0, 0.05) is 18.3 Å². The summed E-state index contributed by atoms with van der Waals surface area (Å²) in [5, 5.41) is 0. The maximum atomic E-state index is 12.4. The highest BCUT2D eigenvalue weighted by molar-refractivity contribution is 5.95. The second-order valence-corrected chi connectivity index (χ2v) is 4.99. The normalized spacial score (nSPS) is 10.8. The van der Waals surface area contributed by atoms with Crippen LogP contribution in [0.1, 0.15) is 16.1 Å². The number of aromatic amines is 1.